The predicted octanol–water partition coefficient (Wildman–Crippen LogP) is 2.34. The quantitative estimate of drug-likeness (QED) is 0.700. The van der Waals surface area contributed by atoms with Gasteiger partial charge in [-0.15, -0.1) is 11.3 Å². The van der Waals surface area contributed by atoms with Crippen molar-refractivity contribution in [3.05, 3.63) is 47.9 Å². The van der Waals surface area contributed by atoms with Crippen LogP contribution in [0.2, 0.25) is 0 Å². The molecule has 4 rings (SSSR count). The van der Waals surface area contributed by atoms with E-state index in [2.05, 4.69) is 9.97 Å². The molecule has 25 heavy (non-hydrogen) atoms. The average Bonchev–Trinajstić information content (AvgIpc) is 3.11. The molecule has 0 atom stereocenters. The molecule has 3 heterocycles. The molecular weight excluding hydrogens is 363 g/mol. The molecule has 130 valence electrons. The first-order valence-corrected chi connectivity index (χ1v) is 10.1. The fraction of sp³-hybridized carbons (Fsp3) is 0.250. The second-order valence-corrected chi connectivity index (χ2v) is 8.46. The molecule has 3 aromatic rings. The molecule has 0 N–H and O–H groups in total. The van der Waals surface area contributed by atoms with Gasteiger partial charge in [-0.3, -0.25) is 0 Å². The van der Waals surface area contributed by atoms with Gasteiger partial charge in [0.15, 0.2) is 0 Å². The molecule has 2 aromatic heterocycles. The summed E-state index contributed by atoms with van der Waals surface area (Å²) in [7, 11) is -3.83. The van der Waals surface area contributed by atoms with Gasteiger partial charge >= 0.3 is 0 Å². The van der Waals surface area contributed by atoms with Gasteiger partial charge < -0.3 is 4.90 Å². The van der Waals surface area contributed by atoms with Crippen molar-refractivity contribution in [3.63, 3.8) is 0 Å². The van der Waals surface area contributed by atoms with E-state index in [9.17, 15) is 12.8 Å². The van der Waals surface area contributed by atoms with E-state index < -0.39 is 15.8 Å². The minimum Gasteiger partial charge on any atom is -0.353 e. The van der Waals surface area contributed by atoms with Gasteiger partial charge in [0.2, 0.25) is 10.0 Å². The molecule has 0 bridgehead atoms. The smallest absolute Gasteiger partial charge is 0.246 e. The molecule has 1 fully saturated rings. The first-order valence-electron chi connectivity index (χ1n) is 7.75. The number of nitrogens with zero attached hydrogens (tertiary/aromatic N) is 4. The second-order valence-electron chi connectivity index (χ2n) is 5.66. The minimum atomic E-state index is -3.83. The highest BCUT2D eigenvalue weighted by atomic mass is 32.2. The number of halogens is 1. The van der Waals surface area contributed by atoms with Gasteiger partial charge in [0.05, 0.1) is 5.39 Å². The lowest BCUT2D eigenvalue weighted by molar-refractivity contribution is 0.381. The van der Waals surface area contributed by atoms with Crippen LogP contribution in [-0.2, 0) is 10.0 Å². The Bertz CT molecular complexity index is 1010. The van der Waals surface area contributed by atoms with E-state index in [0.717, 1.165) is 22.1 Å². The summed E-state index contributed by atoms with van der Waals surface area (Å²) in [6.45, 7) is 1.56. The third-order valence-corrected chi connectivity index (χ3v) is 6.99. The molecule has 9 heteroatoms. The fourth-order valence-electron chi connectivity index (χ4n) is 2.96. The Labute approximate surface area is 148 Å². The van der Waals surface area contributed by atoms with Crippen LogP contribution in [0.3, 0.4) is 0 Å². The van der Waals surface area contributed by atoms with Crippen LogP contribution in [0.4, 0.5) is 10.2 Å². The molecule has 0 amide bonds. The molecule has 1 aliphatic rings. The Morgan fingerprint density at radius 2 is 1.80 bits per heavy atom. The summed E-state index contributed by atoms with van der Waals surface area (Å²) in [5, 5.41) is 2.93. The molecule has 0 aliphatic carbocycles. The lowest BCUT2D eigenvalue weighted by Gasteiger charge is -2.34. The van der Waals surface area contributed by atoms with E-state index >= 15 is 0 Å². The molecule has 0 radical (unpaired) electrons. The predicted molar refractivity (Wildman–Crippen MR) is 94.8 cm³/mol. The number of sulfonamides is 1. The number of aromatic nitrogens is 2. The zero-order valence-electron chi connectivity index (χ0n) is 13.2. The van der Waals surface area contributed by atoms with Crippen molar-refractivity contribution in [1.82, 2.24) is 14.3 Å². The standard InChI is InChI=1S/C16H15FN4O2S2/c17-13-3-1-2-4-14(13)25(22,23)21-8-6-20(7-9-21)15-12-5-10-24-16(12)19-11-18-15/h1-5,10-11H,6-9H2. The Morgan fingerprint density at radius 1 is 1.04 bits per heavy atom. The van der Waals surface area contributed by atoms with Crippen LogP contribution in [0.15, 0.2) is 46.9 Å². The van der Waals surface area contributed by atoms with Gasteiger partial charge in [0, 0.05) is 26.2 Å². The van der Waals surface area contributed by atoms with E-state index in [1.54, 1.807) is 11.3 Å². The molecule has 6 nitrogen and oxygen atoms in total. The summed E-state index contributed by atoms with van der Waals surface area (Å²) < 4.78 is 40.5. The average molecular weight is 378 g/mol. The van der Waals surface area contributed by atoms with Crippen molar-refractivity contribution in [2.75, 3.05) is 31.1 Å². The van der Waals surface area contributed by atoms with Gasteiger partial charge in [0.25, 0.3) is 0 Å². The minimum absolute atomic E-state index is 0.272. The van der Waals surface area contributed by atoms with Crippen molar-refractivity contribution in [1.29, 1.82) is 0 Å². The normalized spacial score (nSPS) is 16.4. The van der Waals surface area contributed by atoms with E-state index in [-0.39, 0.29) is 18.0 Å². The Kier molecular flexibility index (Phi) is 4.14. The van der Waals surface area contributed by atoms with Crippen LogP contribution in [0, 0.1) is 5.82 Å². The first kappa shape index (κ1) is 16.4. The number of hydrogen-bond donors (Lipinski definition) is 0. The second kappa shape index (κ2) is 6.32. The largest absolute Gasteiger partial charge is 0.353 e. The van der Waals surface area contributed by atoms with E-state index in [1.807, 2.05) is 16.3 Å². The van der Waals surface area contributed by atoms with Crippen molar-refractivity contribution in [2.24, 2.45) is 0 Å². The number of benzene rings is 1. The molecule has 0 saturated carbocycles. The molecule has 0 spiro atoms. The van der Waals surface area contributed by atoms with Crippen molar-refractivity contribution >= 4 is 37.4 Å². The van der Waals surface area contributed by atoms with Crippen molar-refractivity contribution in [2.45, 2.75) is 4.90 Å². The molecule has 1 aromatic carbocycles. The number of anilines is 1. The van der Waals surface area contributed by atoms with Crippen LogP contribution in [0.25, 0.3) is 10.2 Å². The summed E-state index contributed by atoms with van der Waals surface area (Å²) in [6.07, 6.45) is 1.52. The maximum Gasteiger partial charge on any atom is 0.246 e. The Morgan fingerprint density at radius 3 is 2.56 bits per heavy atom. The summed E-state index contributed by atoms with van der Waals surface area (Å²) in [5.74, 6) is 0.0925. The van der Waals surface area contributed by atoms with Gasteiger partial charge in [-0.05, 0) is 23.6 Å². The number of hydrogen-bond acceptors (Lipinski definition) is 6. The maximum absolute atomic E-state index is 13.9. The van der Waals surface area contributed by atoms with E-state index in [4.69, 9.17) is 0 Å². The topological polar surface area (TPSA) is 66.4 Å². The van der Waals surface area contributed by atoms with Crippen LogP contribution in [-0.4, -0.2) is 48.9 Å². The van der Waals surface area contributed by atoms with Gasteiger partial charge in [-0.25, -0.2) is 22.8 Å². The zero-order valence-corrected chi connectivity index (χ0v) is 14.8. The lowest BCUT2D eigenvalue weighted by atomic mass is 10.3. The van der Waals surface area contributed by atoms with Gasteiger partial charge in [-0.2, -0.15) is 4.31 Å². The Hall–Kier alpha value is -2.10. The Balaban J connectivity index is 1.56. The summed E-state index contributed by atoms with van der Waals surface area (Å²) in [5.41, 5.74) is 0. The van der Waals surface area contributed by atoms with Crippen LogP contribution in [0.5, 0.6) is 0 Å². The van der Waals surface area contributed by atoms with E-state index in [1.165, 1.54) is 28.8 Å². The third-order valence-electron chi connectivity index (χ3n) is 4.23. The fourth-order valence-corrected chi connectivity index (χ4v) is 5.18. The third kappa shape index (κ3) is 2.88. The highest BCUT2D eigenvalue weighted by Crippen LogP contribution is 2.28. The molecule has 1 aliphatic heterocycles. The van der Waals surface area contributed by atoms with E-state index in [0.29, 0.717) is 13.1 Å². The van der Waals surface area contributed by atoms with Gasteiger partial charge in [-0.1, -0.05) is 12.1 Å². The summed E-state index contributed by atoms with van der Waals surface area (Å²) in [6, 6.07) is 7.44. The lowest BCUT2D eigenvalue weighted by Crippen LogP contribution is -2.49. The van der Waals surface area contributed by atoms with Crippen LogP contribution >= 0.6 is 11.3 Å². The highest BCUT2D eigenvalue weighted by Gasteiger charge is 2.31. The molecule has 0 unspecified atom stereocenters. The van der Waals surface area contributed by atoms with Crippen LogP contribution < -0.4 is 4.90 Å². The highest BCUT2D eigenvalue weighted by molar-refractivity contribution is 7.89. The van der Waals surface area contributed by atoms with Gasteiger partial charge in [0.1, 0.15) is 27.7 Å². The summed E-state index contributed by atoms with van der Waals surface area (Å²) in [4.78, 5) is 11.3. The molecular formula is C16H15FN4O2S2. The number of thiophene rings is 1. The SMILES string of the molecule is O=S(=O)(c1ccccc1F)N1CCN(c2ncnc3sccc23)CC1. The van der Waals surface area contributed by atoms with Crippen molar-refractivity contribution < 1.29 is 12.8 Å². The van der Waals surface area contributed by atoms with Crippen molar-refractivity contribution in [3.8, 4) is 0 Å². The summed E-state index contributed by atoms with van der Waals surface area (Å²) >= 11 is 1.54. The first-order chi connectivity index (χ1) is 12.1. The zero-order chi connectivity index (χ0) is 17.4. The maximum atomic E-state index is 13.9. The van der Waals surface area contributed by atoms with Crippen LogP contribution in [0.1, 0.15) is 0 Å². The number of piperazine rings is 1. The number of fused-ring (bicyclic) bond motifs is 1. The number of rotatable bonds is 3. The monoisotopic (exact) mass is 378 g/mol. The molecule has 1 saturated heterocycles.